The normalized spacial score (nSPS) is 10.8. The van der Waals surface area contributed by atoms with Crippen molar-refractivity contribution < 1.29 is 0 Å². The number of hydrogen-bond acceptors (Lipinski definition) is 2. The molecule has 152 valence electrons. The lowest BCUT2D eigenvalue weighted by molar-refractivity contribution is 0.690. The van der Waals surface area contributed by atoms with Crippen LogP contribution in [0.3, 0.4) is 0 Å². The highest BCUT2D eigenvalue weighted by Crippen LogP contribution is 2.24. The van der Waals surface area contributed by atoms with Crippen molar-refractivity contribution in [3.05, 3.63) is 74.9 Å². The van der Waals surface area contributed by atoms with Gasteiger partial charge in [0.05, 0.1) is 6.54 Å². The Morgan fingerprint density at radius 3 is 2.48 bits per heavy atom. The van der Waals surface area contributed by atoms with E-state index in [1.165, 1.54) is 18.4 Å². The zero-order chi connectivity index (χ0) is 20.8. The highest BCUT2D eigenvalue weighted by Gasteiger charge is 2.11. The van der Waals surface area contributed by atoms with Crippen LogP contribution in [0.1, 0.15) is 30.9 Å². The van der Waals surface area contributed by atoms with E-state index in [9.17, 15) is 0 Å². The summed E-state index contributed by atoms with van der Waals surface area (Å²) in [5.74, 6) is 0.480. The van der Waals surface area contributed by atoms with Crippen molar-refractivity contribution >= 4 is 63.6 Å². The Balaban J connectivity index is 1.60. The van der Waals surface area contributed by atoms with Crippen LogP contribution in [0.2, 0.25) is 15.1 Å². The summed E-state index contributed by atoms with van der Waals surface area (Å²) in [6.45, 7) is 2.66. The van der Waals surface area contributed by atoms with Crippen LogP contribution in [0.4, 0.5) is 11.5 Å². The van der Waals surface area contributed by atoms with E-state index in [0.29, 0.717) is 32.5 Å². The lowest BCUT2D eigenvalue weighted by Crippen LogP contribution is -2.19. The zero-order valence-electron chi connectivity index (χ0n) is 15.9. The topological polar surface area (TPSA) is 41.9 Å². The Morgan fingerprint density at radius 2 is 1.79 bits per heavy atom. The second kappa shape index (κ2) is 10.3. The first-order valence-electron chi connectivity index (χ1n) is 9.28. The van der Waals surface area contributed by atoms with Gasteiger partial charge in [0.2, 0.25) is 0 Å². The van der Waals surface area contributed by atoms with Crippen molar-refractivity contribution in [3.8, 4) is 0 Å². The predicted molar refractivity (Wildman–Crippen MR) is 128 cm³/mol. The van der Waals surface area contributed by atoms with Crippen molar-refractivity contribution in [2.24, 2.45) is 0 Å². The van der Waals surface area contributed by atoms with E-state index in [1.807, 2.05) is 18.2 Å². The molecular formula is C21H21Cl3N4S. The number of nitrogens with zero attached hydrogens (tertiary/aromatic N) is 2. The van der Waals surface area contributed by atoms with Gasteiger partial charge in [-0.1, -0.05) is 66.3 Å². The first-order chi connectivity index (χ1) is 13.9. The highest BCUT2D eigenvalue weighted by molar-refractivity contribution is 7.80. The Labute approximate surface area is 191 Å². The maximum absolute atomic E-state index is 6.31. The Hall–Kier alpha value is -1.79. The van der Waals surface area contributed by atoms with E-state index in [-0.39, 0.29) is 0 Å². The van der Waals surface area contributed by atoms with Gasteiger partial charge in [-0.3, -0.25) is 4.68 Å². The number of thiocarbonyl (C=S) groups is 1. The molecule has 1 heterocycles. The third kappa shape index (κ3) is 6.34. The maximum atomic E-state index is 6.31. The minimum atomic E-state index is 0.419. The molecule has 3 aromatic rings. The minimum Gasteiger partial charge on any atom is -0.332 e. The molecule has 3 rings (SSSR count). The highest BCUT2D eigenvalue weighted by atomic mass is 35.5. The molecule has 0 saturated carbocycles. The van der Waals surface area contributed by atoms with Crippen LogP contribution in [0, 0.1) is 0 Å². The number of aromatic nitrogens is 2. The maximum Gasteiger partial charge on any atom is 0.176 e. The summed E-state index contributed by atoms with van der Waals surface area (Å²) in [5, 5.41) is 12.7. The van der Waals surface area contributed by atoms with Crippen LogP contribution in [0.15, 0.2) is 48.7 Å². The molecule has 0 aliphatic carbocycles. The molecule has 0 amide bonds. The van der Waals surface area contributed by atoms with Crippen molar-refractivity contribution in [3.63, 3.8) is 0 Å². The van der Waals surface area contributed by atoms with Gasteiger partial charge in [-0.2, -0.15) is 5.10 Å². The molecular weight excluding hydrogens is 447 g/mol. The molecule has 29 heavy (non-hydrogen) atoms. The molecule has 0 saturated heterocycles. The van der Waals surface area contributed by atoms with Crippen molar-refractivity contribution in [1.29, 1.82) is 0 Å². The molecule has 0 unspecified atom stereocenters. The Kier molecular flexibility index (Phi) is 7.78. The average Bonchev–Trinajstić information content (AvgIpc) is 3.02. The summed E-state index contributed by atoms with van der Waals surface area (Å²) in [5.41, 5.74) is 3.12. The Morgan fingerprint density at radius 1 is 1.03 bits per heavy atom. The van der Waals surface area contributed by atoms with Gasteiger partial charge in [-0.25, -0.2) is 0 Å². The molecule has 0 spiro atoms. The number of anilines is 2. The lowest BCUT2D eigenvalue weighted by atomic mass is 10.1. The summed E-state index contributed by atoms with van der Waals surface area (Å²) in [6.07, 6.45) is 5.19. The molecule has 8 heteroatoms. The summed E-state index contributed by atoms with van der Waals surface area (Å²) in [7, 11) is 0. The van der Waals surface area contributed by atoms with Gasteiger partial charge in [-0.05, 0) is 60.5 Å². The third-order valence-electron chi connectivity index (χ3n) is 4.33. The number of halogens is 3. The van der Waals surface area contributed by atoms with Gasteiger partial charge >= 0.3 is 0 Å². The fourth-order valence-corrected chi connectivity index (χ4v) is 3.67. The lowest BCUT2D eigenvalue weighted by Gasteiger charge is -2.10. The van der Waals surface area contributed by atoms with Gasteiger partial charge in [-0.15, -0.1) is 0 Å². The molecule has 0 fully saturated rings. The van der Waals surface area contributed by atoms with Crippen LogP contribution in [0.5, 0.6) is 0 Å². The van der Waals surface area contributed by atoms with Crippen LogP contribution in [-0.2, 0) is 13.0 Å². The van der Waals surface area contributed by atoms with E-state index in [4.69, 9.17) is 47.0 Å². The first-order valence-corrected chi connectivity index (χ1v) is 10.8. The van der Waals surface area contributed by atoms with Crippen LogP contribution < -0.4 is 10.6 Å². The number of unbranched alkanes of at least 4 members (excludes halogenated alkanes) is 1. The summed E-state index contributed by atoms with van der Waals surface area (Å²) < 4.78 is 1.70. The summed E-state index contributed by atoms with van der Waals surface area (Å²) in [4.78, 5) is 0. The van der Waals surface area contributed by atoms with E-state index < -0.39 is 0 Å². The molecule has 2 aromatic carbocycles. The third-order valence-corrected chi connectivity index (χ3v) is 5.39. The quantitative estimate of drug-likeness (QED) is 0.365. The molecule has 0 bridgehead atoms. The summed E-state index contributed by atoms with van der Waals surface area (Å²) in [6, 6.07) is 13.6. The number of aryl methyl sites for hydroxylation is 1. The Bertz CT molecular complexity index is 986. The zero-order valence-corrected chi connectivity index (χ0v) is 19.0. The second-order valence-electron chi connectivity index (χ2n) is 6.64. The monoisotopic (exact) mass is 466 g/mol. The number of hydrogen-bond donors (Lipinski definition) is 2. The fourth-order valence-electron chi connectivity index (χ4n) is 2.79. The molecule has 4 nitrogen and oxygen atoms in total. The summed E-state index contributed by atoms with van der Waals surface area (Å²) >= 11 is 23.9. The standard InChI is InChI=1S/C21H21Cl3N4S/c1-2-3-4-14-5-9-17(10-6-14)25-21(29)26-20-19(24)13-28(27-20)12-15-7-8-16(22)11-18(15)23/h5-11,13H,2-4,12H2,1H3,(H2,25,26,27,29). The molecule has 0 atom stereocenters. The molecule has 0 radical (unpaired) electrons. The molecule has 0 aliphatic rings. The smallest absolute Gasteiger partial charge is 0.176 e. The van der Waals surface area contributed by atoms with Crippen LogP contribution in [-0.4, -0.2) is 14.9 Å². The fraction of sp³-hybridized carbons (Fsp3) is 0.238. The largest absolute Gasteiger partial charge is 0.332 e. The van der Waals surface area contributed by atoms with E-state index >= 15 is 0 Å². The predicted octanol–water partition coefficient (Wildman–Crippen LogP) is 7.04. The minimum absolute atomic E-state index is 0.419. The first kappa shape index (κ1) is 21.9. The molecule has 1 aromatic heterocycles. The van der Waals surface area contributed by atoms with Gasteiger partial charge in [0, 0.05) is 21.9 Å². The second-order valence-corrected chi connectivity index (χ2v) is 8.30. The van der Waals surface area contributed by atoms with E-state index in [0.717, 1.165) is 17.7 Å². The van der Waals surface area contributed by atoms with Crippen molar-refractivity contribution in [2.45, 2.75) is 32.7 Å². The SMILES string of the molecule is CCCCc1ccc(NC(=S)Nc2nn(Cc3ccc(Cl)cc3Cl)cc2Cl)cc1. The van der Waals surface area contributed by atoms with E-state index in [1.54, 1.807) is 23.0 Å². The van der Waals surface area contributed by atoms with Crippen LogP contribution >= 0.6 is 47.0 Å². The number of rotatable bonds is 7. The van der Waals surface area contributed by atoms with Crippen LogP contribution in [0.25, 0.3) is 0 Å². The van der Waals surface area contributed by atoms with Crippen molar-refractivity contribution in [1.82, 2.24) is 9.78 Å². The van der Waals surface area contributed by atoms with Gasteiger partial charge in [0.1, 0.15) is 5.02 Å². The average molecular weight is 468 g/mol. The molecule has 2 N–H and O–H groups in total. The van der Waals surface area contributed by atoms with Gasteiger partial charge in [0.15, 0.2) is 10.9 Å². The van der Waals surface area contributed by atoms with Gasteiger partial charge in [0.25, 0.3) is 0 Å². The number of benzene rings is 2. The number of nitrogens with one attached hydrogen (secondary N) is 2. The van der Waals surface area contributed by atoms with Gasteiger partial charge < -0.3 is 10.6 Å². The molecule has 0 aliphatic heterocycles. The van der Waals surface area contributed by atoms with Crippen molar-refractivity contribution in [2.75, 3.05) is 10.6 Å². The van der Waals surface area contributed by atoms with E-state index in [2.05, 4.69) is 34.8 Å².